The smallest absolute Gasteiger partial charge is 0.335 e. The lowest BCUT2D eigenvalue weighted by Crippen LogP contribution is -2.47. The topological polar surface area (TPSA) is 40.5 Å². The summed E-state index contributed by atoms with van der Waals surface area (Å²) in [4.78, 5) is 13.4. The Morgan fingerprint density at radius 1 is 1.20 bits per heavy atom. The average molecular weight is 294 g/mol. The van der Waals surface area contributed by atoms with E-state index in [1.807, 2.05) is 6.07 Å². The molecule has 1 saturated heterocycles. The van der Waals surface area contributed by atoms with Crippen molar-refractivity contribution in [2.45, 2.75) is 44.6 Å². The van der Waals surface area contributed by atoms with Crippen molar-refractivity contribution in [2.75, 3.05) is 11.4 Å². The van der Waals surface area contributed by atoms with Crippen LogP contribution in [-0.4, -0.2) is 23.7 Å². The number of benzene rings is 1. The number of aromatic carboxylic acids is 1. The van der Waals surface area contributed by atoms with Gasteiger partial charge in [0.05, 0.1) is 16.3 Å². The molecule has 2 aliphatic rings. The molecule has 1 heterocycles. The van der Waals surface area contributed by atoms with Gasteiger partial charge < -0.3 is 10.0 Å². The molecular weight excluding hydrogens is 274 g/mol. The van der Waals surface area contributed by atoms with Gasteiger partial charge in [0.1, 0.15) is 0 Å². The van der Waals surface area contributed by atoms with E-state index in [2.05, 4.69) is 4.90 Å². The summed E-state index contributed by atoms with van der Waals surface area (Å²) >= 11 is 6.33. The lowest BCUT2D eigenvalue weighted by molar-refractivity contribution is 0.0697. The van der Waals surface area contributed by atoms with E-state index >= 15 is 0 Å². The third kappa shape index (κ3) is 2.51. The van der Waals surface area contributed by atoms with Gasteiger partial charge in [-0.3, -0.25) is 0 Å². The molecule has 1 aliphatic heterocycles. The van der Waals surface area contributed by atoms with Crippen molar-refractivity contribution in [3.63, 3.8) is 0 Å². The standard InChI is InChI=1S/C16H20ClNO2/c17-13-10-12(16(19)20)7-8-15(13)18-9-3-5-11-4-1-2-6-14(11)18/h7-8,10-11,14H,1-6,9H2,(H,19,20). The summed E-state index contributed by atoms with van der Waals surface area (Å²) in [6.07, 6.45) is 7.74. The molecule has 3 rings (SSSR count). The molecule has 1 aromatic rings. The van der Waals surface area contributed by atoms with E-state index in [4.69, 9.17) is 16.7 Å². The molecule has 0 aromatic heterocycles. The highest BCUT2D eigenvalue weighted by Crippen LogP contribution is 2.40. The summed E-state index contributed by atoms with van der Waals surface area (Å²) in [7, 11) is 0. The SMILES string of the molecule is O=C(O)c1ccc(N2CCCC3CCCCC32)c(Cl)c1. The summed E-state index contributed by atoms with van der Waals surface area (Å²) in [5.41, 5.74) is 1.27. The Balaban J connectivity index is 1.89. The quantitative estimate of drug-likeness (QED) is 0.888. The van der Waals surface area contributed by atoms with Crippen molar-refractivity contribution < 1.29 is 9.90 Å². The van der Waals surface area contributed by atoms with E-state index in [1.54, 1.807) is 12.1 Å². The third-order valence-electron chi connectivity index (χ3n) is 4.75. The maximum Gasteiger partial charge on any atom is 0.335 e. The summed E-state index contributed by atoms with van der Waals surface area (Å²) in [5.74, 6) is -0.139. The molecule has 3 nitrogen and oxygen atoms in total. The number of rotatable bonds is 2. The second-order valence-electron chi connectivity index (χ2n) is 5.92. The Morgan fingerprint density at radius 2 is 1.95 bits per heavy atom. The molecule has 1 N–H and O–H groups in total. The number of carboxylic acids is 1. The number of carboxylic acid groups (broad SMARTS) is 1. The van der Waals surface area contributed by atoms with Crippen LogP contribution in [0, 0.1) is 5.92 Å². The Morgan fingerprint density at radius 3 is 2.70 bits per heavy atom. The van der Waals surface area contributed by atoms with Gasteiger partial charge in [-0.25, -0.2) is 4.79 Å². The predicted octanol–water partition coefficient (Wildman–Crippen LogP) is 4.20. The highest BCUT2D eigenvalue weighted by atomic mass is 35.5. The van der Waals surface area contributed by atoms with Gasteiger partial charge in [-0.2, -0.15) is 0 Å². The number of hydrogen-bond acceptors (Lipinski definition) is 2. The zero-order valence-corrected chi connectivity index (χ0v) is 12.3. The minimum Gasteiger partial charge on any atom is -0.478 e. The maximum absolute atomic E-state index is 11.0. The number of carbonyl (C=O) groups is 1. The molecule has 20 heavy (non-hydrogen) atoms. The number of hydrogen-bond donors (Lipinski definition) is 1. The fourth-order valence-corrected chi connectivity index (χ4v) is 4.09. The first kappa shape index (κ1) is 13.7. The molecule has 1 aromatic carbocycles. The molecule has 2 unspecified atom stereocenters. The van der Waals surface area contributed by atoms with E-state index in [-0.39, 0.29) is 5.56 Å². The Labute approximate surface area is 124 Å². The molecular formula is C16H20ClNO2. The summed E-state index contributed by atoms with van der Waals surface area (Å²) < 4.78 is 0. The molecule has 0 spiro atoms. The summed E-state index contributed by atoms with van der Waals surface area (Å²) in [5, 5.41) is 9.59. The first-order valence-corrected chi connectivity index (χ1v) is 7.84. The van der Waals surface area contributed by atoms with Gasteiger partial charge in [0.2, 0.25) is 0 Å². The lowest BCUT2D eigenvalue weighted by Gasteiger charge is -2.45. The van der Waals surface area contributed by atoms with Crippen LogP contribution < -0.4 is 4.90 Å². The van der Waals surface area contributed by atoms with Crippen LogP contribution in [0.25, 0.3) is 0 Å². The van der Waals surface area contributed by atoms with Crippen LogP contribution in [0.5, 0.6) is 0 Å². The maximum atomic E-state index is 11.0. The zero-order valence-electron chi connectivity index (χ0n) is 11.5. The average Bonchev–Trinajstić information content (AvgIpc) is 2.46. The molecule has 0 radical (unpaired) electrons. The van der Waals surface area contributed by atoms with Gasteiger partial charge in [-0.1, -0.05) is 24.4 Å². The molecule has 1 aliphatic carbocycles. The lowest BCUT2D eigenvalue weighted by atomic mass is 9.78. The van der Waals surface area contributed by atoms with Crippen LogP contribution in [0.2, 0.25) is 5.02 Å². The molecule has 0 amide bonds. The first-order valence-electron chi connectivity index (χ1n) is 7.46. The van der Waals surface area contributed by atoms with Crippen molar-refractivity contribution >= 4 is 23.3 Å². The van der Waals surface area contributed by atoms with Crippen molar-refractivity contribution in [2.24, 2.45) is 5.92 Å². The second-order valence-corrected chi connectivity index (χ2v) is 6.33. The molecule has 4 heteroatoms. The number of fused-ring (bicyclic) bond motifs is 1. The molecule has 108 valence electrons. The van der Waals surface area contributed by atoms with Crippen LogP contribution in [-0.2, 0) is 0 Å². The molecule has 1 saturated carbocycles. The van der Waals surface area contributed by atoms with E-state index in [0.717, 1.165) is 18.2 Å². The zero-order chi connectivity index (χ0) is 14.1. The number of anilines is 1. The third-order valence-corrected chi connectivity index (χ3v) is 5.05. The summed E-state index contributed by atoms with van der Waals surface area (Å²) in [6.45, 7) is 1.04. The van der Waals surface area contributed by atoms with Gasteiger partial charge in [0.15, 0.2) is 0 Å². The fraction of sp³-hybridized carbons (Fsp3) is 0.562. The molecule has 2 atom stereocenters. The Bertz CT molecular complexity index is 515. The number of piperidine rings is 1. The minimum absolute atomic E-state index is 0.260. The van der Waals surface area contributed by atoms with Crippen LogP contribution in [0.3, 0.4) is 0 Å². The number of halogens is 1. The van der Waals surface area contributed by atoms with Gasteiger partial charge in [0.25, 0.3) is 0 Å². The molecule has 0 bridgehead atoms. The normalized spacial score (nSPS) is 26.1. The largest absolute Gasteiger partial charge is 0.478 e. The van der Waals surface area contributed by atoms with Crippen LogP contribution in [0.4, 0.5) is 5.69 Å². The van der Waals surface area contributed by atoms with Crippen molar-refractivity contribution in [3.05, 3.63) is 28.8 Å². The van der Waals surface area contributed by atoms with E-state index in [0.29, 0.717) is 11.1 Å². The highest BCUT2D eigenvalue weighted by molar-refractivity contribution is 6.33. The minimum atomic E-state index is -0.923. The van der Waals surface area contributed by atoms with Gasteiger partial charge in [-0.05, 0) is 49.8 Å². The van der Waals surface area contributed by atoms with Crippen LogP contribution >= 0.6 is 11.6 Å². The summed E-state index contributed by atoms with van der Waals surface area (Å²) in [6, 6.07) is 5.70. The first-order chi connectivity index (χ1) is 9.66. The Hall–Kier alpha value is -1.22. The van der Waals surface area contributed by atoms with Crippen molar-refractivity contribution in [1.82, 2.24) is 0 Å². The van der Waals surface area contributed by atoms with E-state index in [9.17, 15) is 4.79 Å². The second kappa shape index (κ2) is 5.65. The van der Waals surface area contributed by atoms with Crippen LogP contribution in [0.15, 0.2) is 18.2 Å². The van der Waals surface area contributed by atoms with Crippen LogP contribution in [0.1, 0.15) is 48.9 Å². The van der Waals surface area contributed by atoms with Crippen molar-refractivity contribution in [1.29, 1.82) is 0 Å². The van der Waals surface area contributed by atoms with Gasteiger partial charge in [0, 0.05) is 12.6 Å². The van der Waals surface area contributed by atoms with Gasteiger partial charge >= 0.3 is 5.97 Å². The van der Waals surface area contributed by atoms with Gasteiger partial charge in [-0.15, -0.1) is 0 Å². The number of nitrogens with zero attached hydrogens (tertiary/aromatic N) is 1. The Kier molecular flexibility index (Phi) is 3.88. The van der Waals surface area contributed by atoms with Crippen molar-refractivity contribution in [3.8, 4) is 0 Å². The van der Waals surface area contributed by atoms with E-state index < -0.39 is 5.97 Å². The predicted molar refractivity (Wildman–Crippen MR) is 80.7 cm³/mol. The molecule has 2 fully saturated rings. The monoisotopic (exact) mass is 293 g/mol. The fourth-order valence-electron chi connectivity index (χ4n) is 3.80. The van der Waals surface area contributed by atoms with E-state index in [1.165, 1.54) is 38.5 Å². The highest BCUT2D eigenvalue weighted by Gasteiger charge is 2.34.